The topological polar surface area (TPSA) is 29.5 Å². The van der Waals surface area contributed by atoms with Gasteiger partial charge in [-0.15, -0.1) is 0 Å². The molecule has 0 amide bonds. The summed E-state index contributed by atoms with van der Waals surface area (Å²) in [5, 5.41) is 0. The maximum Gasteiger partial charge on any atom is 0.149 e. The van der Waals surface area contributed by atoms with Crippen molar-refractivity contribution in [3.8, 4) is 0 Å². The molecule has 0 fully saturated rings. The Labute approximate surface area is 81.1 Å². The zero-order chi connectivity index (χ0) is 10.4. The third-order valence-electron chi connectivity index (χ3n) is 2.21. The molecule has 1 atom stereocenters. The highest BCUT2D eigenvalue weighted by molar-refractivity contribution is 5.82. The van der Waals surface area contributed by atoms with Gasteiger partial charge in [0, 0.05) is 19.1 Å². The second-order valence-electron chi connectivity index (χ2n) is 3.84. The second-order valence-corrected chi connectivity index (χ2v) is 3.84. The summed E-state index contributed by atoms with van der Waals surface area (Å²) in [5.74, 6) is 0.405. The van der Waals surface area contributed by atoms with Crippen LogP contribution in [0.25, 0.3) is 0 Å². The SMILES string of the molecule is COCC(C)N(C)CC(=O)C(C)C. The van der Waals surface area contributed by atoms with E-state index >= 15 is 0 Å². The Morgan fingerprint density at radius 1 is 1.38 bits per heavy atom. The summed E-state index contributed by atoms with van der Waals surface area (Å²) in [6.45, 7) is 7.09. The van der Waals surface area contributed by atoms with Gasteiger partial charge in [-0.25, -0.2) is 0 Å². The molecular formula is C10H21NO2. The smallest absolute Gasteiger partial charge is 0.149 e. The van der Waals surface area contributed by atoms with Crippen LogP contribution in [0.1, 0.15) is 20.8 Å². The first-order valence-corrected chi connectivity index (χ1v) is 4.71. The summed E-state index contributed by atoms with van der Waals surface area (Å²) in [4.78, 5) is 13.4. The number of Topliss-reactive ketones (excluding diaryl/α,β-unsaturated/α-hetero) is 1. The zero-order valence-electron chi connectivity index (χ0n) is 9.33. The third-order valence-corrected chi connectivity index (χ3v) is 2.21. The van der Waals surface area contributed by atoms with E-state index in [1.165, 1.54) is 0 Å². The van der Waals surface area contributed by atoms with Crippen LogP contribution < -0.4 is 0 Å². The predicted octanol–water partition coefficient (Wildman–Crippen LogP) is 1.18. The van der Waals surface area contributed by atoms with E-state index in [1.54, 1.807) is 7.11 Å². The van der Waals surface area contributed by atoms with Gasteiger partial charge in [0.05, 0.1) is 13.2 Å². The van der Waals surface area contributed by atoms with Gasteiger partial charge in [-0.2, -0.15) is 0 Å². The van der Waals surface area contributed by atoms with Crippen LogP contribution in [0.4, 0.5) is 0 Å². The minimum atomic E-state index is 0.122. The van der Waals surface area contributed by atoms with Crippen molar-refractivity contribution in [2.75, 3.05) is 27.3 Å². The van der Waals surface area contributed by atoms with E-state index in [0.29, 0.717) is 19.2 Å². The quantitative estimate of drug-likeness (QED) is 0.625. The highest BCUT2D eigenvalue weighted by Gasteiger charge is 2.14. The molecule has 0 spiro atoms. The molecule has 1 unspecified atom stereocenters. The number of nitrogens with zero attached hydrogens (tertiary/aromatic N) is 1. The molecule has 0 rings (SSSR count). The van der Waals surface area contributed by atoms with Crippen molar-refractivity contribution in [1.82, 2.24) is 4.90 Å². The minimum absolute atomic E-state index is 0.122. The standard InChI is InChI=1S/C10H21NO2/c1-8(2)10(12)6-11(4)9(3)7-13-5/h8-9H,6-7H2,1-5H3. The van der Waals surface area contributed by atoms with Crippen LogP contribution in [0.2, 0.25) is 0 Å². The number of ether oxygens (including phenoxy) is 1. The number of ketones is 1. The third kappa shape index (κ3) is 5.01. The lowest BCUT2D eigenvalue weighted by Crippen LogP contribution is -2.37. The van der Waals surface area contributed by atoms with Crippen LogP contribution in [0.3, 0.4) is 0 Å². The summed E-state index contributed by atoms with van der Waals surface area (Å²) in [7, 11) is 3.62. The average molecular weight is 187 g/mol. The molecule has 0 aliphatic carbocycles. The number of hydrogen-bond acceptors (Lipinski definition) is 3. The van der Waals surface area contributed by atoms with Crippen molar-refractivity contribution in [2.24, 2.45) is 5.92 Å². The molecule has 0 aromatic heterocycles. The molecule has 0 radical (unpaired) electrons. The van der Waals surface area contributed by atoms with Gasteiger partial charge in [0.25, 0.3) is 0 Å². The fourth-order valence-corrected chi connectivity index (χ4v) is 0.953. The molecule has 0 saturated carbocycles. The lowest BCUT2D eigenvalue weighted by molar-refractivity contribution is -0.123. The van der Waals surface area contributed by atoms with Crippen molar-refractivity contribution in [1.29, 1.82) is 0 Å². The number of carbonyl (C=O) groups excluding carboxylic acids is 1. The van der Waals surface area contributed by atoms with Crippen molar-refractivity contribution in [3.63, 3.8) is 0 Å². The Morgan fingerprint density at radius 3 is 2.31 bits per heavy atom. The van der Waals surface area contributed by atoms with E-state index in [-0.39, 0.29) is 11.7 Å². The fourth-order valence-electron chi connectivity index (χ4n) is 0.953. The second kappa shape index (κ2) is 6.11. The van der Waals surface area contributed by atoms with Crippen LogP contribution in [0.15, 0.2) is 0 Å². The largest absolute Gasteiger partial charge is 0.383 e. The highest BCUT2D eigenvalue weighted by Crippen LogP contribution is 2.00. The van der Waals surface area contributed by atoms with E-state index in [4.69, 9.17) is 4.74 Å². The normalized spacial score (nSPS) is 13.8. The van der Waals surface area contributed by atoms with Crippen LogP contribution in [0.5, 0.6) is 0 Å². The van der Waals surface area contributed by atoms with E-state index in [9.17, 15) is 4.79 Å². The summed E-state index contributed by atoms with van der Waals surface area (Å²) in [6, 6.07) is 0.299. The summed E-state index contributed by atoms with van der Waals surface area (Å²) in [6.07, 6.45) is 0. The molecule has 0 aromatic rings. The predicted molar refractivity (Wildman–Crippen MR) is 53.8 cm³/mol. The van der Waals surface area contributed by atoms with Gasteiger partial charge in [-0.1, -0.05) is 13.8 Å². The van der Waals surface area contributed by atoms with E-state index in [2.05, 4.69) is 6.92 Å². The maximum absolute atomic E-state index is 11.4. The number of likely N-dealkylation sites (N-methyl/N-ethyl adjacent to an activating group) is 1. The van der Waals surface area contributed by atoms with Crippen LogP contribution >= 0.6 is 0 Å². The minimum Gasteiger partial charge on any atom is -0.383 e. The molecular weight excluding hydrogens is 166 g/mol. The first-order chi connectivity index (χ1) is 5.99. The number of hydrogen-bond donors (Lipinski definition) is 0. The molecule has 3 nitrogen and oxygen atoms in total. The van der Waals surface area contributed by atoms with Gasteiger partial charge >= 0.3 is 0 Å². The first-order valence-electron chi connectivity index (χ1n) is 4.71. The highest BCUT2D eigenvalue weighted by atomic mass is 16.5. The number of carbonyl (C=O) groups is 1. The monoisotopic (exact) mass is 187 g/mol. The Hall–Kier alpha value is -0.410. The van der Waals surface area contributed by atoms with E-state index in [0.717, 1.165) is 0 Å². The van der Waals surface area contributed by atoms with E-state index in [1.807, 2.05) is 25.8 Å². The van der Waals surface area contributed by atoms with Crippen molar-refractivity contribution in [2.45, 2.75) is 26.8 Å². The Bertz CT molecular complexity index is 157. The Morgan fingerprint density at radius 2 is 1.92 bits per heavy atom. The summed E-state index contributed by atoms with van der Waals surface area (Å²) < 4.78 is 5.01. The molecule has 0 saturated heterocycles. The van der Waals surface area contributed by atoms with Gasteiger partial charge in [-0.3, -0.25) is 9.69 Å². The van der Waals surface area contributed by atoms with Crippen molar-refractivity contribution >= 4 is 5.78 Å². The molecule has 0 N–H and O–H groups in total. The average Bonchev–Trinajstić information content (AvgIpc) is 2.04. The lowest BCUT2D eigenvalue weighted by Gasteiger charge is -2.23. The molecule has 0 aliphatic heterocycles. The number of methoxy groups -OCH3 is 1. The molecule has 13 heavy (non-hydrogen) atoms. The van der Waals surface area contributed by atoms with Gasteiger partial charge in [-0.05, 0) is 14.0 Å². The van der Waals surface area contributed by atoms with Gasteiger partial charge in [0.1, 0.15) is 5.78 Å². The van der Waals surface area contributed by atoms with E-state index < -0.39 is 0 Å². The maximum atomic E-state index is 11.4. The van der Waals surface area contributed by atoms with Gasteiger partial charge in [0.2, 0.25) is 0 Å². The molecule has 0 bridgehead atoms. The molecule has 0 aromatic carbocycles. The lowest BCUT2D eigenvalue weighted by atomic mass is 10.1. The van der Waals surface area contributed by atoms with Crippen LogP contribution in [0, 0.1) is 5.92 Å². The van der Waals surface area contributed by atoms with Gasteiger partial charge < -0.3 is 4.74 Å². The molecule has 0 heterocycles. The summed E-state index contributed by atoms with van der Waals surface area (Å²) >= 11 is 0. The number of rotatable bonds is 6. The van der Waals surface area contributed by atoms with Crippen LogP contribution in [-0.2, 0) is 9.53 Å². The molecule has 78 valence electrons. The summed E-state index contributed by atoms with van der Waals surface area (Å²) in [5.41, 5.74) is 0. The van der Waals surface area contributed by atoms with Crippen molar-refractivity contribution in [3.05, 3.63) is 0 Å². The first kappa shape index (κ1) is 12.6. The molecule has 0 aliphatic rings. The Kier molecular flexibility index (Phi) is 5.91. The zero-order valence-corrected chi connectivity index (χ0v) is 9.33. The fraction of sp³-hybridized carbons (Fsp3) is 0.900. The molecule has 3 heteroatoms. The van der Waals surface area contributed by atoms with Crippen molar-refractivity contribution < 1.29 is 9.53 Å². The van der Waals surface area contributed by atoms with Crippen LogP contribution in [-0.4, -0.2) is 44.0 Å². The van der Waals surface area contributed by atoms with Gasteiger partial charge in [0.15, 0.2) is 0 Å². The Balaban J connectivity index is 3.85.